The van der Waals surface area contributed by atoms with E-state index in [0.717, 1.165) is 55.7 Å². The summed E-state index contributed by atoms with van der Waals surface area (Å²) in [6.07, 6.45) is 0. The molecule has 67 heavy (non-hydrogen) atoms. The van der Waals surface area contributed by atoms with Crippen molar-refractivity contribution in [2.75, 3.05) is 0 Å². The van der Waals surface area contributed by atoms with Crippen molar-refractivity contribution in [3.8, 4) is 95.5 Å². The minimum absolute atomic E-state index is 0.622. The number of hydrogen-bond acceptors (Lipinski definition) is 3. The quantitative estimate of drug-likeness (QED) is 0.145. The van der Waals surface area contributed by atoms with Crippen molar-refractivity contribution in [3.05, 3.63) is 255 Å². The predicted molar refractivity (Wildman–Crippen MR) is 278 cm³/mol. The van der Waals surface area contributed by atoms with Crippen LogP contribution in [0.5, 0.6) is 0 Å². The van der Waals surface area contributed by atoms with Gasteiger partial charge in [0.1, 0.15) is 0 Å². The van der Waals surface area contributed by atoms with Crippen molar-refractivity contribution in [3.63, 3.8) is 0 Å². The molecule has 314 valence electrons. The molecule has 4 heteroatoms. The molecule has 2 heterocycles. The second-order valence-electron chi connectivity index (χ2n) is 16.8. The van der Waals surface area contributed by atoms with Crippen LogP contribution in [-0.2, 0) is 0 Å². The molecule has 12 aromatic rings. The molecule has 0 atom stereocenters. The molecule has 0 aliphatic carbocycles. The Kier molecular flexibility index (Phi) is 10.2. The van der Waals surface area contributed by atoms with E-state index >= 15 is 0 Å². The number of rotatable bonds is 9. The molecule has 0 N–H and O–H groups in total. The minimum atomic E-state index is 0.622. The number of benzene rings is 10. The van der Waals surface area contributed by atoms with Gasteiger partial charge < -0.3 is 4.57 Å². The van der Waals surface area contributed by atoms with Gasteiger partial charge >= 0.3 is 0 Å². The van der Waals surface area contributed by atoms with Gasteiger partial charge in [-0.3, -0.25) is 0 Å². The van der Waals surface area contributed by atoms with Crippen LogP contribution in [0.3, 0.4) is 0 Å². The molecule has 0 saturated heterocycles. The predicted octanol–water partition coefficient (Wildman–Crippen LogP) is 16.3. The molecule has 0 amide bonds. The van der Waals surface area contributed by atoms with E-state index in [1.54, 1.807) is 0 Å². The SMILES string of the molecule is c1ccc(-c2ccc(-c3nc(-c4ccccc4)nc(-c4ccc(-c5cc(-c6ccccc6)c6c7cc(-c8ccccc8)ccc7n(-c7ccc(-c8ccccc8)cc7)c6c5)cc4)n3)cc2)cc1. The Balaban J connectivity index is 1.00. The van der Waals surface area contributed by atoms with E-state index in [4.69, 9.17) is 15.0 Å². The minimum Gasteiger partial charge on any atom is -0.309 e. The van der Waals surface area contributed by atoms with Gasteiger partial charge in [0, 0.05) is 33.2 Å². The fourth-order valence-electron chi connectivity index (χ4n) is 9.29. The molecule has 4 nitrogen and oxygen atoms in total. The maximum atomic E-state index is 5.10. The van der Waals surface area contributed by atoms with Gasteiger partial charge in [0.15, 0.2) is 17.5 Å². The first-order valence-electron chi connectivity index (χ1n) is 22.7. The fourth-order valence-corrected chi connectivity index (χ4v) is 9.29. The Bertz CT molecular complexity index is 3660. The van der Waals surface area contributed by atoms with E-state index in [9.17, 15) is 0 Å². The molecular weight excluding hydrogens is 813 g/mol. The first-order valence-corrected chi connectivity index (χ1v) is 22.7. The third-order valence-corrected chi connectivity index (χ3v) is 12.7. The zero-order valence-corrected chi connectivity index (χ0v) is 36.5. The molecule has 12 rings (SSSR count). The number of fused-ring (bicyclic) bond motifs is 3. The Labute approximate surface area is 389 Å². The summed E-state index contributed by atoms with van der Waals surface area (Å²) < 4.78 is 2.43. The van der Waals surface area contributed by atoms with Crippen LogP contribution >= 0.6 is 0 Å². The second kappa shape index (κ2) is 17.2. The maximum Gasteiger partial charge on any atom is 0.164 e. The van der Waals surface area contributed by atoms with E-state index in [-0.39, 0.29) is 0 Å². The van der Waals surface area contributed by atoms with Gasteiger partial charge in [-0.25, -0.2) is 15.0 Å². The topological polar surface area (TPSA) is 43.6 Å². The highest BCUT2D eigenvalue weighted by atomic mass is 15.0. The highest BCUT2D eigenvalue weighted by Gasteiger charge is 2.20. The smallest absolute Gasteiger partial charge is 0.164 e. The van der Waals surface area contributed by atoms with Crippen LogP contribution in [0.4, 0.5) is 0 Å². The molecule has 10 aromatic carbocycles. The van der Waals surface area contributed by atoms with Crippen LogP contribution < -0.4 is 0 Å². The van der Waals surface area contributed by atoms with E-state index in [1.807, 2.05) is 36.4 Å². The summed E-state index contributed by atoms with van der Waals surface area (Å²) in [7, 11) is 0. The number of nitrogens with zero attached hydrogens (tertiary/aromatic N) is 4. The Hall–Kier alpha value is -8.99. The highest BCUT2D eigenvalue weighted by molar-refractivity contribution is 6.17. The van der Waals surface area contributed by atoms with Crippen LogP contribution in [0.25, 0.3) is 117 Å². The molecular formula is C63H42N4. The van der Waals surface area contributed by atoms with Gasteiger partial charge in [0.05, 0.1) is 11.0 Å². The monoisotopic (exact) mass is 854 g/mol. The van der Waals surface area contributed by atoms with Crippen LogP contribution in [-0.4, -0.2) is 19.5 Å². The van der Waals surface area contributed by atoms with Gasteiger partial charge in [-0.05, 0) is 92.0 Å². The number of aromatic nitrogens is 4. The second-order valence-corrected chi connectivity index (χ2v) is 16.8. The summed E-state index contributed by atoms with van der Waals surface area (Å²) in [5, 5.41) is 2.42. The average molecular weight is 855 g/mol. The van der Waals surface area contributed by atoms with Crippen LogP contribution in [0.15, 0.2) is 255 Å². The summed E-state index contributed by atoms with van der Waals surface area (Å²) in [5.74, 6) is 1.89. The Morgan fingerprint density at radius 3 is 1.06 bits per heavy atom. The van der Waals surface area contributed by atoms with E-state index < -0.39 is 0 Å². The zero-order valence-electron chi connectivity index (χ0n) is 36.5. The largest absolute Gasteiger partial charge is 0.309 e. The van der Waals surface area contributed by atoms with Gasteiger partial charge in [0.2, 0.25) is 0 Å². The van der Waals surface area contributed by atoms with E-state index in [0.29, 0.717) is 17.5 Å². The summed E-state index contributed by atoms with van der Waals surface area (Å²) in [6, 6.07) is 90.3. The third-order valence-electron chi connectivity index (χ3n) is 12.7. The molecule has 0 unspecified atom stereocenters. The van der Waals surface area contributed by atoms with E-state index in [1.165, 1.54) is 44.2 Å². The lowest BCUT2D eigenvalue weighted by Gasteiger charge is -2.13. The lowest BCUT2D eigenvalue weighted by molar-refractivity contribution is 1.07. The molecule has 0 fully saturated rings. The average Bonchev–Trinajstić information content (AvgIpc) is 3.75. The molecule has 0 aliphatic rings. The summed E-state index contributed by atoms with van der Waals surface area (Å²) in [6.45, 7) is 0. The van der Waals surface area contributed by atoms with Crippen LogP contribution in [0.2, 0.25) is 0 Å². The zero-order chi connectivity index (χ0) is 44.5. The summed E-state index contributed by atoms with van der Waals surface area (Å²) in [5.41, 5.74) is 17.8. The Morgan fingerprint density at radius 1 is 0.239 bits per heavy atom. The van der Waals surface area contributed by atoms with Gasteiger partial charge in [-0.2, -0.15) is 0 Å². The lowest BCUT2D eigenvalue weighted by atomic mass is 9.93. The van der Waals surface area contributed by atoms with Crippen molar-refractivity contribution >= 4 is 21.8 Å². The standard InChI is InChI=1S/C63H42N4/c1-6-16-43(17-7-1)46-26-30-51(31-27-46)62-64-61(50-24-14-5-15-25-50)65-63(66-62)52-32-28-48(29-33-52)54-41-56(49-22-12-4-13-23-49)60-57-40-53(45-20-10-3-11-21-45)36-39-58(57)67(59(60)42-54)55-37-34-47(35-38-55)44-18-8-2-9-19-44/h1-42H. The van der Waals surface area contributed by atoms with Crippen molar-refractivity contribution in [1.29, 1.82) is 0 Å². The first-order chi connectivity index (χ1) is 33.2. The van der Waals surface area contributed by atoms with Gasteiger partial charge in [-0.1, -0.05) is 218 Å². The highest BCUT2D eigenvalue weighted by Crippen LogP contribution is 2.43. The summed E-state index contributed by atoms with van der Waals surface area (Å²) >= 11 is 0. The number of hydrogen-bond donors (Lipinski definition) is 0. The van der Waals surface area contributed by atoms with Crippen molar-refractivity contribution in [2.24, 2.45) is 0 Å². The molecule has 0 bridgehead atoms. The third kappa shape index (κ3) is 7.67. The Morgan fingerprint density at radius 2 is 0.582 bits per heavy atom. The first kappa shape index (κ1) is 39.6. The molecule has 2 aromatic heterocycles. The van der Waals surface area contributed by atoms with E-state index in [2.05, 4.69) is 223 Å². The van der Waals surface area contributed by atoms with Gasteiger partial charge in [0.25, 0.3) is 0 Å². The molecule has 0 saturated carbocycles. The fraction of sp³-hybridized carbons (Fsp3) is 0. The van der Waals surface area contributed by atoms with Gasteiger partial charge in [-0.15, -0.1) is 0 Å². The van der Waals surface area contributed by atoms with Crippen LogP contribution in [0, 0.1) is 0 Å². The molecule has 0 spiro atoms. The van der Waals surface area contributed by atoms with Crippen molar-refractivity contribution in [2.45, 2.75) is 0 Å². The molecule has 0 aliphatic heterocycles. The normalized spacial score (nSPS) is 11.3. The maximum absolute atomic E-state index is 5.10. The summed E-state index contributed by atoms with van der Waals surface area (Å²) in [4.78, 5) is 15.2. The van der Waals surface area contributed by atoms with Crippen LogP contribution in [0.1, 0.15) is 0 Å². The van der Waals surface area contributed by atoms with Crippen molar-refractivity contribution < 1.29 is 0 Å². The molecule has 0 radical (unpaired) electrons. The van der Waals surface area contributed by atoms with Crippen molar-refractivity contribution in [1.82, 2.24) is 19.5 Å². The lowest BCUT2D eigenvalue weighted by Crippen LogP contribution is -2.00.